The second-order valence-corrected chi connectivity index (χ2v) is 5.54. The van der Waals surface area contributed by atoms with Gasteiger partial charge in [-0.25, -0.2) is 4.79 Å². The SMILES string of the molecule is CCN(CC)C(=O)c1cccc(NC(=O)NCCc2ccncc2)c1. The summed E-state index contributed by atoms with van der Waals surface area (Å²) in [4.78, 5) is 30.1. The first-order chi connectivity index (χ1) is 12.1. The molecule has 3 amide bonds. The lowest BCUT2D eigenvalue weighted by Crippen LogP contribution is -2.31. The molecule has 6 nitrogen and oxygen atoms in total. The molecule has 0 bridgehead atoms. The number of nitrogens with zero attached hydrogens (tertiary/aromatic N) is 2. The Morgan fingerprint density at radius 3 is 2.48 bits per heavy atom. The molecule has 1 aromatic heterocycles. The molecule has 0 atom stereocenters. The van der Waals surface area contributed by atoms with Crippen molar-refractivity contribution in [1.82, 2.24) is 15.2 Å². The molecule has 0 radical (unpaired) electrons. The first-order valence-corrected chi connectivity index (χ1v) is 8.47. The molecule has 0 unspecified atom stereocenters. The number of carbonyl (C=O) groups excluding carboxylic acids is 2. The average molecular weight is 340 g/mol. The van der Waals surface area contributed by atoms with Crippen LogP contribution in [0.2, 0.25) is 0 Å². The van der Waals surface area contributed by atoms with Crippen molar-refractivity contribution in [1.29, 1.82) is 0 Å². The highest BCUT2D eigenvalue weighted by Crippen LogP contribution is 2.13. The number of aromatic nitrogens is 1. The summed E-state index contributed by atoms with van der Waals surface area (Å²) in [5.41, 5.74) is 2.28. The minimum Gasteiger partial charge on any atom is -0.339 e. The fraction of sp³-hybridized carbons (Fsp3) is 0.316. The lowest BCUT2D eigenvalue weighted by atomic mass is 10.1. The zero-order chi connectivity index (χ0) is 18.1. The maximum absolute atomic E-state index is 12.4. The average Bonchev–Trinajstić information content (AvgIpc) is 2.63. The molecule has 0 saturated heterocycles. The number of nitrogens with one attached hydrogen (secondary N) is 2. The quantitative estimate of drug-likeness (QED) is 0.814. The zero-order valence-electron chi connectivity index (χ0n) is 14.7. The van der Waals surface area contributed by atoms with Gasteiger partial charge in [-0.3, -0.25) is 9.78 Å². The number of hydrogen-bond acceptors (Lipinski definition) is 3. The Balaban J connectivity index is 1.88. The van der Waals surface area contributed by atoms with E-state index in [4.69, 9.17) is 0 Å². The van der Waals surface area contributed by atoms with Crippen LogP contribution in [0.1, 0.15) is 29.8 Å². The molecule has 132 valence electrons. The van der Waals surface area contributed by atoms with Gasteiger partial charge in [0.25, 0.3) is 5.91 Å². The van der Waals surface area contributed by atoms with Crippen molar-refractivity contribution in [3.8, 4) is 0 Å². The van der Waals surface area contributed by atoms with E-state index in [-0.39, 0.29) is 11.9 Å². The summed E-state index contributed by atoms with van der Waals surface area (Å²) in [6, 6.07) is 10.5. The molecule has 1 heterocycles. The zero-order valence-corrected chi connectivity index (χ0v) is 14.7. The van der Waals surface area contributed by atoms with Gasteiger partial charge in [-0.1, -0.05) is 6.07 Å². The fourth-order valence-electron chi connectivity index (χ4n) is 2.47. The Labute approximate surface area is 148 Å². The standard InChI is InChI=1S/C19H24N4O2/c1-3-23(4-2)18(24)16-6-5-7-17(14-16)22-19(25)21-13-10-15-8-11-20-12-9-15/h5-9,11-12,14H,3-4,10,13H2,1-2H3,(H2,21,22,25). The van der Waals surface area contributed by atoms with Crippen molar-refractivity contribution in [3.63, 3.8) is 0 Å². The van der Waals surface area contributed by atoms with E-state index >= 15 is 0 Å². The van der Waals surface area contributed by atoms with E-state index in [0.29, 0.717) is 30.9 Å². The van der Waals surface area contributed by atoms with Crippen molar-refractivity contribution in [3.05, 3.63) is 59.9 Å². The Bertz CT molecular complexity index is 700. The minimum atomic E-state index is -0.290. The van der Waals surface area contributed by atoms with E-state index in [1.54, 1.807) is 41.6 Å². The first kappa shape index (κ1) is 18.4. The first-order valence-electron chi connectivity index (χ1n) is 8.47. The van der Waals surface area contributed by atoms with Crippen LogP contribution in [0.4, 0.5) is 10.5 Å². The van der Waals surface area contributed by atoms with Gasteiger partial charge < -0.3 is 15.5 Å². The van der Waals surface area contributed by atoms with E-state index in [9.17, 15) is 9.59 Å². The van der Waals surface area contributed by atoms with Crippen LogP contribution >= 0.6 is 0 Å². The number of urea groups is 1. The number of rotatable bonds is 7. The number of anilines is 1. The van der Waals surface area contributed by atoms with Gasteiger partial charge in [0.1, 0.15) is 0 Å². The second-order valence-electron chi connectivity index (χ2n) is 5.54. The number of amides is 3. The molecular formula is C19H24N4O2. The third-order valence-corrected chi connectivity index (χ3v) is 3.87. The van der Waals surface area contributed by atoms with Gasteiger partial charge in [0.15, 0.2) is 0 Å². The molecule has 0 aliphatic carbocycles. The van der Waals surface area contributed by atoms with Gasteiger partial charge in [-0.2, -0.15) is 0 Å². The number of pyridine rings is 1. The van der Waals surface area contributed by atoms with Crippen LogP contribution in [0.3, 0.4) is 0 Å². The highest BCUT2D eigenvalue weighted by Gasteiger charge is 2.13. The third kappa shape index (κ3) is 5.60. The largest absolute Gasteiger partial charge is 0.339 e. The Hall–Kier alpha value is -2.89. The predicted octanol–water partition coefficient (Wildman–Crippen LogP) is 2.93. The van der Waals surface area contributed by atoms with Gasteiger partial charge >= 0.3 is 6.03 Å². The van der Waals surface area contributed by atoms with Crippen LogP contribution in [0.15, 0.2) is 48.8 Å². The van der Waals surface area contributed by atoms with Crippen LogP contribution in [0.5, 0.6) is 0 Å². The molecule has 0 saturated carbocycles. The molecule has 6 heteroatoms. The minimum absolute atomic E-state index is 0.0354. The summed E-state index contributed by atoms with van der Waals surface area (Å²) in [7, 11) is 0. The number of hydrogen-bond donors (Lipinski definition) is 2. The van der Waals surface area contributed by atoms with Crippen LogP contribution < -0.4 is 10.6 Å². The third-order valence-electron chi connectivity index (χ3n) is 3.87. The summed E-state index contributed by atoms with van der Waals surface area (Å²) in [5.74, 6) is -0.0354. The lowest BCUT2D eigenvalue weighted by molar-refractivity contribution is 0.0773. The summed E-state index contributed by atoms with van der Waals surface area (Å²) < 4.78 is 0. The molecule has 2 N–H and O–H groups in total. The molecule has 25 heavy (non-hydrogen) atoms. The van der Waals surface area contributed by atoms with Gasteiger partial charge in [0, 0.05) is 43.3 Å². The molecule has 0 fully saturated rings. The summed E-state index contributed by atoms with van der Waals surface area (Å²) >= 11 is 0. The second kappa shape index (κ2) is 9.42. The van der Waals surface area contributed by atoms with Crippen LogP contribution in [-0.4, -0.2) is 41.5 Å². The Morgan fingerprint density at radius 2 is 1.80 bits per heavy atom. The molecule has 0 aliphatic rings. The molecule has 1 aromatic carbocycles. The monoisotopic (exact) mass is 340 g/mol. The van der Waals surface area contributed by atoms with Crippen molar-refractivity contribution >= 4 is 17.6 Å². The van der Waals surface area contributed by atoms with E-state index in [1.807, 2.05) is 26.0 Å². The summed E-state index contributed by atoms with van der Waals surface area (Å²) in [6.45, 7) is 5.72. The highest BCUT2D eigenvalue weighted by atomic mass is 16.2. The maximum atomic E-state index is 12.4. The molecule has 0 spiro atoms. The van der Waals surface area contributed by atoms with E-state index in [0.717, 1.165) is 12.0 Å². The maximum Gasteiger partial charge on any atom is 0.319 e. The molecular weight excluding hydrogens is 316 g/mol. The van der Waals surface area contributed by atoms with Crippen LogP contribution in [0.25, 0.3) is 0 Å². The topological polar surface area (TPSA) is 74.3 Å². The highest BCUT2D eigenvalue weighted by molar-refractivity contribution is 5.96. The number of carbonyl (C=O) groups is 2. The Kier molecular flexibility index (Phi) is 6.95. The van der Waals surface area contributed by atoms with Crippen LogP contribution in [0, 0.1) is 0 Å². The van der Waals surface area contributed by atoms with Crippen molar-refractivity contribution in [2.24, 2.45) is 0 Å². The van der Waals surface area contributed by atoms with E-state index in [2.05, 4.69) is 15.6 Å². The van der Waals surface area contributed by atoms with Crippen molar-refractivity contribution in [2.45, 2.75) is 20.3 Å². The van der Waals surface area contributed by atoms with Gasteiger partial charge in [-0.15, -0.1) is 0 Å². The summed E-state index contributed by atoms with van der Waals surface area (Å²) in [6.07, 6.45) is 4.19. The van der Waals surface area contributed by atoms with Crippen molar-refractivity contribution in [2.75, 3.05) is 25.0 Å². The fourth-order valence-corrected chi connectivity index (χ4v) is 2.47. The van der Waals surface area contributed by atoms with E-state index < -0.39 is 0 Å². The van der Waals surface area contributed by atoms with Gasteiger partial charge in [0.05, 0.1) is 0 Å². The molecule has 2 rings (SSSR count). The van der Waals surface area contributed by atoms with Gasteiger partial charge in [0.2, 0.25) is 0 Å². The van der Waals surface area contributed by atoms with E-state index in [1.165, 1.54) is 0 Å². The van der Waals surface area contributed by atoms with Crippen LogP contribution in [-0.2, 0) is 6.42 Å². The van der Waals surface area contributed by atoms with Crippen molar-refractivity contribution < 1.29 is 9.59 Å². The molecule has 2 aromatic rings. The molecule has 0 aliphatic heterocycles. The number of benzene rings is 1. The smallest absolute Gasteiger partial charge is 0.319 e. The summed E-state index contributed by atoms with van der Waals surface area (Å²) in [5, 5.41) is 5.57. The Morgan fingerprint density at radius 1 is 1.08 bits per heavy atom. The van der Waals surface area contributed by atoms with Gasteiger partial charge in [-0.05, 0) is 56.2 Å². The normalized spacial score (nSPS) is 10.2. The predicted molar refractivity (Wildman–Crippen MR) is 98.7 cm³/mol. The lowest BCUT2D eigenvalue weighted by Gasteiger charge is -2.19.